The summed E-state index contributed by atoms with van der Waals surface area (Å²) in [6.45, 7) is 2.53. The maximum absolute atomic E-state index is 14.0. The van der Waals surface area contributed by atoms with E-state index in [0.717, 1.165) is 23.8 Å². The van der Waals surface area contributed by atoms with Crippen molar-refractivity contribution in [2.24, 2.45) is 5.92 Å². The van der Waals surface area contributed by atoms with Crippen LogP contribution in [-0.2, 0) is 4.79 Å². The van der Waals surface area contributed by atoms with Crippen LogP contribution in [0.15, 0.2) is 42.5 Å². The van der Waals surface area contributed by atoms with Gasteiger partial charge in [-0.05, 0) is 66.9 Å². The summed E-state index contributed by atoms with van der Waals surface area (Å²) in [6, 6.07) is 9.22. The third-order valence-corrected chi connectivity index (χ3v) is 6.10. The first-order chi connectivity index (χ1) is 15.9. The highest BCUT2D eigenvalue weighted by atomic mass is 35.5. The van der Waals surface area contributed by atoms with Crippen LogP contribution in [0.3, 0.4) is 0 Å². The number of aromatic nitrogens is 4. The van der Waals surface area contributed by atoms with Gasteiger partial charge in [-0.25, -0.2) is 8.78 Å². The fourth-order valence-corrected chi connectivity index (χ4v) is 4.11. The predicted molar refractivity (Wildman–Crippen MR) is 118 cm³/mol. The zero-order valence-corrected chi connectivity index (χ0v) is 18.7. The largest absolute Gasteiger partial charge is 0.341 e. The molecule has 0 saturated carbocycles. The minimum absolute atomic E-state index is 0.166. The van der Waals surface area contributed by atoms with Crippen LogP contribution in [0.4, 0.5) is 8.78 Å². The molecule has 1 amide bonds. The zero-order valence-electron chi connectivity index (χ0n) is 17.9. The van der Waals surface area contributed by atoms with E-state index < -0.39 is 29.4 Å². The molecule has 0 radical (unpaired) electrons. The van der Waals surface area contributed by atoms with Crippen LogP contribution in [-0.4, -0.2) is 49.9 Å². The van der Waals surface area contributed by atoms with E-state index in [1.807, 2.05) is 6.92 Å². The third-order valence-electron chi connectivity index (χ3n) is 5.85. The van der Waals surface area contributed by atoms with Gasteiger partial charge in [0.05, 0.1) is 5.56 Å². The molecule has 33 heavy (non-hydrogen) atoms. The minimum Gasteiger partial charge on any atom is -0.341 e. The van der Waals surface area contributed by atoms with E-state index in [-0.39, 0.29) is 11.5 Å². The SMILES string of the molecule is CCC(C(=O)N1CCC(C(=O)c2cc(F)ccc2F)CC1)n1nnc(-c2ccc(Cl)cc2)n1. The number of hydrogen-bond donors (Lipinski definition) is 0. The fourth-order valence-electron chi connectivity index (χ4n) is 3.99. The molecule has 1 saturated heterocycles. The van der Waals surface area contributed by atoms with Crippen molar-refractivity contribution in [2.45, 2.75) is 32.2 Å². The molecule has 3 aromatic rings. The van der Waals surface area contributed by atoms with Gasteiger partial charge in [0.15, 0.2) is 11.8 Å². The van der Waals surface area contributed by atoms with Crippen molar-refractivity contribution >= 4 is 23.3 Å². The number of rotatable bonds is 6. The Morgan fingerprint density at radius 1 is 1.12 bits per heavy atom. The first-order valence-corrected chi connectivity index (χ1v) is 11.1. The van der Waals surface area contributed by atoms with Crippen molar-refractivity contribution in [3.63, 3.8) is 0 Å². The number of halogens is 3. The molecule has 0 N–H and O–H groups in total. The number of carbonyl (C=O) groups is 2. The lowest BCUT2D eigenvalue weighted by Crippen LogP contribution is -2.44. The van der Waals surface area contributed by atoms with E-state index in [9.17, 15) is 18.4 Å². The molecule has 1 fully saturated rings. The van der Waals surface area contributed by atoms with E-state index in [0.29, 0.717) is 43.2 Å². The summed E-state index contributed by atoms with van der Waals surface area (Å²) < 4.78 is 27.4. The number of piperidine rings is 1. The summed E-state index contributed by atoms with van der Waals surface area (Å²) in [5.74, 6) is -2.07. The van der Waals surface area contributed by atoms with Crippen LogP contribution < -0.4 is 0 Å². The lowest BCUT2D eigenvalue weighted by molar-refractivity contribution is -0.136. The summed E-state index contributed by atoms with van der Waals surface area (Å²) in [4.78, 5) is 28.8. The highest BCUT2D eigenvalue weighted by Gasteiger charge is 2.33. The fraction of sp³-hybridized carbons (Fsp3) is 0.348. The number of likely N-dealkylation sites (tertiary alicyclic amines) is 1. The summed E-state index contributed by atoms with van der Waals surface area (Å²) in [5, 5.41) is 13.1. The molecule has 1 aromatic heterocycles. The number of Topliss-reactive ketones (excluding diaryl/α,β-unsaturated/α-hetero) is 1. The van der Waals surface area contributed by atoms with Gasteiger partial charge in [-0.15, -0.1) is 10.2 Å². The van der Waals surface area contributed by atoms with Gasteiger partial charge in [-0.2, -0.15) is 4.80 Å². The Hall–Kier alpha value is -3.20. The number of carbonyl (C=O) groups excluding carboxylic acids is 2. The van der Waals surface area contributed by atoms with Crippen molar-refractivity contribution in [1.29, 1.82) is 0 Å². The standard InChI is InChI=1S/C23H22ClF2N5O2/c1-2-20(31-28-22(27-29-31)15-3-5-16(24)6-4-15)23(33)30-11-9-14(10-12-30)21(32)18-13-17(25)7-8-19(18)26/h3-8,13-14,20H,2,9-12H2,1H3. The number of amides is 1. The summed E-state index contributed by atoms with van der Waals surface area (Å²) in [6.07, 6.45) is 1.21. The van der Waals surface area contributed by atoms with E-state index in [4.69, 9.17) is 11.6 Å². The van der Waals surface area contributed by atoms with Gasteiger partial charge in [-0.1, -0.05) is 18.5 Å². The molecule has 1 unspecified atom stereocenters. The lowest BCUT2D eigenvalue weighted by atomic mass is 9.88. The van der Waals surface area contributed by atoms with Gasteiger partial charge in [0.25, 0.3) is 0 Å². The smallest absolute Gasteiger partial charge is 0.249 e. The van der Waals surface area contributed by atoms with Crippen molar-refractivity contribution in [2.75, 3.05) is 13.1 Å². The van der Waals surface area contributed by atoms with Crippen LogP contribution in [0.25, 0.3) is 11.4 Å². The normalized spacial score (nSPS) is 15.5. The van der Waals surface area contributed by atoms with Crippen LogP contribution in [0.5, 0.6) is 0 Å². The molecular formula is C23H22ClF2N5O2. The van der Waals surface area contributed by atoms with Gasteiger partial charge in [-0.3, -0.25) is 9.59 Å². The molecule has 172 valence electrons. The zero-order chi connectivity index (χ0) is 23.5. The Balaban J connectivity index is 1.42. The molecule has 0 aliphatic carbocycles. The highest BCUT2D eigenvalue weighted by Crippen LogP contribution is 2.26. The maximum Gasteiger partial charge on any atom is 0.249 e. The summed E-state index contributed by atoms with van der Waals surface area (Å²) in [5.41, 5.74) is 0.490. The van der Waals surface area contributed by atoms with E-state index in [1.54, 1.807) is 29.2 Å². The number of ketones is 1. The monoisotopic (exact) mass is 473 g/mol. The van der Waals surface area contributed by atoms with E-state index in [2.05, 4.69) is 15.4 Å². The van der Waals surface area contributed by atoms with Gasteiger partial charge >= 0.3 is 0 Å². The van der Waals surface area contributed by atoms with Crippen molar-refractivity contribution < 1.29 is 18.4 Å². The average molecular weight is 474 g/mol. The number of benzene rings is 2. The van der Waals surface area contributed by atoms with E-state index in [1.165, 1.54) is 4.80 Å². The lowest BCUT2D eigenvalue weighted by Gasteiger charge is -2.33. The van der Waals surface area contributed by atoms with Crippen LogP contribution in [0.1, 0.15) is 42.6 Å². The molecule has 1 atom stereocenters. The van der Waals surface area contributed by atoms with Gasteiger partial charge in [0.2, 0.25) is 11.7 Å². The summed E-state index contributed by atoms with van der Waals surface area (Å²) >= 11 is 5.92. The average Bonchev–Trinajstić information content (AvgIpc) is 3.31. The van der Waals surface area contributed by atoms with Crippen molar-refractivity contribution in [1.82, 2.24) is 25.1 Å². The first kappa shape index (κ1) is 23.0. The van der Waals surface area contributed by atoms with Crippen LogP contribution >= 0.6 is 11.6 Å². The molecule has 7 nitrogen and oxygen atoms in total. The molecule has 4 rings (SSSR count). The topological polar surface area (TPSA) is 81.0 Å². The van der Waals surface area contributed by atoms with Gasteiger partial charge < -0.3 is 4.90 Å². The maximum atomic E-state index is 14.0. The molecule has 1 aliphatic rings. The molecule has 2 heterocycles. The highest BCUT2D eigenvalue weighted by molar-refractivity contribution is 6.30. The molecule has 0 bridgehead atoms. The molecule has 2 aromatic carbocycles. The third kappa shape index (κ3) is 4.93. The molecule has 1 aliphatic heterocycles. The number of tetrazole rings is 1. The minimum atomic E-state index is -0.736. The van der Waals surface area contributed by atoms with Crippen molar-refractivity contribution in [3.8, 4) is 11.4 Å². The summed E-state index contributed by atoms with van der Waals surface area (Å²) in [7, 11) is 0. The molecular weight excluding hydrogens is 452 g/mol. The van der Waals surface area contributed by atoms with Crippen LogP contribution in [0.2, 0.25) is 5.02 Å². The second-order valence-corrected chi connectivity index (χ2v) is 8.39. The second-order valence-electron chi connectivity index (χ2n) is 7.95. The predicted octanol–water partition coefficient (Wildman–Crippen LogP) is 4.34. The molecule has 10 heteroatoms. The Labute approximate surface area is 194 Å². The van der Waals surface area contributed by atoms with Gasteiger partial charge in [0, 0.05) is 29.6 Å². The number of hydrogen-bond acceptors (Lipinski definition) is 5. The Bertz CT molecular complexity index is 1160. The Morgan fingerprint density at radius 3 is 2.48 bits per heavy atom. The number of nitrogens with zero attached hydrogens (tertiary/aromatic N) is 5. The second kappa shape index (κ2) is 9.74. The first-order valence-electron chi connectivity index (χ1n) is 10.7. The van der Waals surface area contributed by atoms with Crippen molar-refractivity contribution in [3.05, 3.63) is 64.7 Å². The van der Waals surface area contributed by atoms with E-state index >= 15 is 0 Å². The Kier molecular flexibility index (Phi) is 6.78. The van der Waals surface area contributed by atoms with Crippen LogP contribution in [0, 0.1) is 17.6 Å². The van der Waals surface area contributed by atoms with Gasteiger partial charge in [0.1, 0.15) is 11.6 Å². The quantitative estimate of drug-likeness (QED) is 0.497. The molecule has 0 spiro atoms. The Morgan fingerprint density at radius 2 is 1.82 bits per heavy atom.